The fraction of sp³-hybridized carbons (Fsp3) is 0.316. The molecule has 1 fully saturated rings. The molecule has 0 spiro atoms. The van der Waals surface area contributed by atoms with Gasteiger partial charge < -0.3 is 10.2 Å². The summed E-state index contributed by atoms with van der Waals surface area (Å²) in [5.41, 5.74) is 2.41. The largest absolute Gasteiger partial charge is 0.369 e. The van der Waals surface area contributed by atoms with E-state index in [2.05, 4.69) is 22.0 Å². The minimum atomic E-state index is -0.574. The van der Waals surface area contributed by atoms with E-state index in [1.807, 2.05) is 18.2 Å². The first-order chi connectivity index (χ1) is 13.3. The molecule has 1 N–H and O–H groups in total. The number of nitro benzene ring substituents is 1. The lowest BCUT2D eigenvalue weighted by atomic mass is 10.1. The molecule has 3 rings (SSSR count). The van der Waals surface area contributed by atoms with Crippen LogP contribution in [0.2, 0.25) is 10.0 Å². The highest BCUT2D eigenvalue weighted by molar-refractivity contribution is 6.32. The molecule has 1 amide bonds. The van der Waals surface area contributed by atoms with Crippen molar-refractivity contribution in [1.29, 1.82) is 0 Å². The van der Waals surface area contributed by atoms with E-state index in [9.17, 15) is 14.9 Å². The maximum absolute atomic E-state index is 12.3. The zero-order chi connectivity index (χ0) is 20.3. The van der Waals surface area contributed by atoms with E-state index in [4.69, 9.17) is 23.2 Å². The van der Waals surface area contributed by atoms with Gasteiger partial charge in [0.05, 0.1) is 11.5 Å². The van der Waals surface area contributed by atoms with Gasteiger partial charge in [-0.05, 0) is 36.8 Å². The molecule has 148 valence electrons. The van der Waals surface area contributed by atoms with E-state index in [1.54, 1.807) is 6.07 Å². The van der Waals surface area contributed by atoms with E-state index in [0.29, 0.717) is 10.7 Å². The minimum absolute atomic E-state index is 0.0374. The summed E-state index contributed by atoms with van der Waals surface area (Å²) in [7, 11) is 0. The summed E-state index contributed by atoms with van der Waals surface area (Å²) in [6.07, 6.45) is 0. The third-order valence-corrected chi connectivity index (χ3v) is 5.23. The van der Waals surface area contributed by atoms with Crippen molar-refractivity contribution in [3.63, 3.8) is 0 Å². The Balaban J connectivity index is 1.55. The van der Waals surface area contributed by atoms with E-state index in [1.165, 1.54) is 17.7 Å². The molecule has 0 unspecified atom stereocenters. The second-order valence-electron chi connectivity index (χ2n) is 6.67. The first-order valence-corrected chi connectivity index (χ1v) is 9.56. The number of carbonyl (C=O) groups is 1. The Bertz CT molecular complexity index is 899. The van der Waals surface area contributed by atoms with Gasteiger partial charge in [-0.25, -0.2) is 0 Å². The summed E-state index contributed by atoms with van der Waals surface area (Å²) in [6.45, 7) is 5.33. The van der Waals surface area contributed by atoms with Crippen LogP contribution in [0.5, 0.6) is 0 Å². The fourth-order valence-electron chi connectivity index (χ4n) is 3.20. The first kappa shape index (κ1) is 20.4. The zero-order valence-corrected chi connectivity index (χ0v) is 16.8. The number of carbonyl (C=O) groups excluding carboxylic acids is 1. The van der Waals surface area contributed by atoms with Crippen molar-refractivity contribution in [2.24, 2.45) is 0 Å². The molecular weight excluding hydrogens is 403 g/mol. The van der Waals surface area contributed by atoms with Crippen LogP contribution < -0.4 is 10.2 Å². The number of nitrogens with zero attached hydrogens (tertiary/aromatic N) is 3. The van der Waals surface area contributed by atoms with Crippen LogP contribution in [0.15, 0.2) is 36.4 Å². The molecule has 0 aromatic heterocycles. The summed E-state index contributed by atoms with van der Waals surface area (Å²) >= 11 is 11.9. The van der Waals surface area contributed by atoms with Crippen molar-refractivity contribution >= 4 is 46.2 Å². The highest BCUT2D eigenvalue weighted by atomic mass is 35.5. The molecular formula is C19H20Cl2N4O3. The average molecular weight is 423 g/mol. The molecule has 1 heterocycles. The summed E-state index contributed by atoms with van der Waals surface area (Å²) in [6, 6.07) is 10.1. The Hall–Kier alpha value is -2.35. The summed E-state index contributed by atoms with van der Waals surface area (Å²) in [5.74, 6) is -0.219. The molecule has 0 atom stereocenters. The van der Waals surface area contributed by atoms with E-state index in [-0.39, 0.29) is 23.2 Å². The van der Waals surface area contributed by atoms with Gasteiger partial charge in [0, 0.05) is 48.6 Å². The third kappa shape index (κ3) is 4.92. The molecule has 9 heteroatoms. The van der Waals surface area contributed by atoms with Gasteiger partial charge in [0.2, 0.25) is 5.91 Å². The number of halogens is 2. The smallest absolute Gasteiger partial charge is 0.289 e. The zero-order valence-electron chi connectivity index (χ0n) is 15.3. The number of nitrogens with one attached hydrogen (secondary N) is 1. The van der Waals surface area contributed by atoms with Crippen molar-refractivity contribution in [3.05, 3.63) is 62.1 Å². The Morgan fingerprint density at radius 2 is 1.86 bits per heavy atom. The van der Waals surface area contributed by atoms with Crippen molar-refractivity contribution in [3.8, 4) is 0 Å². The SMILES string of the molecule is Cc1ccc(Cl)cc1N1CCN(CC(=O)Nc2ccc(Cl)c([N+](=O)[O-])c2)CC1. The Labute approximate surface area is 173 Å². The van der Waals surface area contributed by atoms with Crippen molar-refractivity contribution < 1.29 is 9.72 Å². The van der Waals surface area contributed by atoms with E-state index < -0.39 is 4.92 Å². The van der Waals surface area contributed by atoms with Crippen LogP contribution in [0.4, 0.5) is 17.1 Å². The number of hydrogen-bond donors (Lipinski definition) is 1. The average Bonchev–Trinajstić information content (AvgIpc) is 2.65. The lowest BCUT2D eigenvalue weighted by Crippen LogP contribution is -2.48. The van der Waals surface area contributed by atoms with E-state index in [0.717, 1.165) is 31.9 Å². The molecule has 0 bridgehead atoms. The number of benzene rings is 2. The van der Waals surface area contributed by atoms with Crippen molar-refractivity contribution in [1.82, 2.24) is 4.90 Å². The van der Waals surface area contributed by atoms with Crippen LogP contribution in [0.25, 0.3) is 0 Å². The topological polar surface area (TPSA) is 78.7 Å². The molecule has 7 nitrogen and oxygen atoms in total. The quantitative estimate of drug-likeness (QED) is 0.582. The highest BCUT2D eigenvalue weighted by Crippen LogP contribution is 2.28. The van der Waals surface area contributed by atoms with E-state index >= 15 is 0 Å². The third-order valence-electron chi connectivity index (χ3n) is 4.68. The lowest BCUT2D eigenvalue weighted by Gasteiger charge is -2.36. The number of piperazine rings is 1. The van der Waals surface area contributed by atoms with Crippen LogP contribution in [0.3, 0.4) is 0 Å². The molecule has 1 aliphatic heterocycles. The van der Waals surface area contributed by atoms with Gasteiger partial charge in [-0.2, -0.15) is 0 Å². The molecule has 0 aliphatic carbocycles. The Morgan fingerprint density at radius 3 is 2.54 bits per heavy atom. The summed E-state index contributed by atoms with van der Waals surface area (Å²) in [4.78, 5) is 27.0. The molecule has 2 aromatic carbocycles. The Kier molecular flexibility index (Phi) is 6.39. The summed E-state index contributed by atoms with van der Waals surface area (Å²) in [5, 5.41) is 14.4. The van der Waals surface area contributed by atoms with Gasteiger partial charge in [0.1, 0.15) is 5.02 Å². The molecule has 0 saturated carbocycles. The van der Waals surface area contributed by atoms with Crippen molar-refractivity contribution in [2.45, 2.75) is 6.92 Å². The van der Waals surface area contributed by atoms with Crippen molar-refractivity contribution in [2.75, 3.05) is 42.9 Å². The number of nitro groups is 1. The number of aryl methyl sites for hydroxylation is 1. The van der Waals surface area contributed by atoms with Crippen LogP contribution in [0.1, 0.15) is 5.56 Å². The molecule has 2 aromatic rings. The van der Waals surface area contributed by atoms with Crippen LogP contribution in [-0.2, 0) is 4.79 Å². The maximum atomic E-state index is 12.3. The van der Waals surface area contributed by atoms with Gasteiger partial charge in [-0.3, -0.25) is 19.8 Å². The lowest BCUT2D eigenvalue weighted by molar-refractivity contribution is -0.384. The van der Waals surface area contributed by atoms with Crippen LogP contribution in [-0.4, -0.2) is 48.5 Å². The van der Waals surface area contributed by atoms with Gasteiger partial charge in [0.15, 0.2) is 0 Å². The molecule has 1 aliphatic rings. The number of hydrogen-bond acceptors (Lipinski definition) is 5. The summed E-state index contributed by atoms with van der Waals surface area (Å²) < 4.78 is 0. The van der Waals surface area contributed by atoms with Gasteiger partial charge >= 0.3 is 0 Å². The molecule has 28 heavy (non-hydrogen) atoms. The van der Waals surface area contributed by atoms with Gasteiger partial charge in [-0.1, -0.05) is 29.3 Å². The molecule has 1 saturated heterocycles. The van der Waals surface area contributed by atoms with Crippen LogP contribution >= 0.6 is 23.2 Å². The minimum Gasteiger partial charge on any atom is -0.369 e. The molecule has 0 radical (unpaired) electrons. The predicted molar refractivity (Wildman–Crippen MR) is 112 cm³/mol. The number of rotatable bonds is 5. The van der Waals surface area contributed by atoms with Gasteiger partial charge in [0.25, 0.3) is 5.69 Å². The second kappa shape index (κ2) is 8.77. The Morgan fingerprint density at radius 1 is 1.14 bits per heavy atom. The second-order valence-corrected chi connectivity index (χ2v) is 7.51. The highest BCUT2D eigenvalue weighted by Gasteiger charge is 2.21. The predicted octanol–water partition coefficient (Wildman–Crippen LogP) is 3.97. The number of anilines is 2. The first-order valence-electron chi connectivity index (χ1n) is 8.81. The fourth-order valence-corrected chi connectivity index (χ4v) is 3.56. The monoisotopic (exact) mass is 422 g/mol. The normalized spacial score (nSPS) is 14.8. The standard InChI is InChI=1S/C19H20Cl2N4O3/c1-13-2-3-14(20)10-17(13)24-8-6-23(7-9-24)12-19(26)22-15-4-5-16(21)18(11-15)25(27)28/h2-5,10-11H,6-9,12H2,1H3,(H,22,26). The number of amides is 1. The van der Waals surface area contributed by atoms with Gasteiger partial charge in [-0.15, -0.1) is 0 Å². The maximum Gasteiger partial charge on any atom is 0.289 e. The van der Waals surface area contributed by atoms with Crippen LogP contribution in [0, 0.1) is 17.0 Å².